The predicted octanol–water partition coefficient (Wildman–Crippen LogP) is 2.71. The maximum Gasteiger partial charge on any atom is 0.335 e. The number of aromatic carboxylic acids is 1. The average Bonchev–Trinajstić information content (AvgIpc) is 3.00. The lowest BCUT2D eigenvalue weighted by molar-refractivity contribution is 0.0697. The Kier molecular flexibility index (Phi) is 5.55. The highest BCUT2D eigenvalue weighted by molar-refractivity contribution is 5.97. The van der Waals surface area contributed by atoms with Gasteiger partial charge in [-0.25, -0.2) is 4.79 Å². The van der Waals surface area contributed by atoms with Crippen molar-refractivity contribution in [3.8, 4) is 0 Å². The van der Waals surface area contributed by atoms with Crippen molar-refractivity contribution in [3.05, 3.63) is 35.4 Å². The molecule has 0 radical (unpaired) electrons. The molecular formula is C17H23NO4. The molecule has 0 bridgehead atoms. The molecular weight excluding hydrogens is 282 g/mol. The van der Waals surface area contributed by atoms with Crippen LogP contribution in [0, 0.1) is 5.41 Å². The Hall–Kier alpha value is -1.88. The number of ether oxygens (including phenoxy) is 1. The van der Waals surface area contributed by atoms with Gasteiger partial charge in [0.2, 0.25) is 0 Å². The predicted molar refractivity (Wildman–Crippen MR) is 83.1 cm³/mol. The highest BCUT2D eigenvalue weighted by Crippen LogP contribution is 2.40. The number of amides is 1. The van der Waals surface area contributed by atoms with Crippen molar-refractivity contribution < 1.29 is 19.4 Å². The van der Waals surface area contributed by atoms with Crippen LogP contribution < -0.4 is 5.32 Å². The molecule has 1 saturated carbocycles. The van der Waals surface area contributed by atoms with Crippen LogP contribution in [-0.4, -0.2) is 37.2 Å². The number of methoxy groups -OCH3 is 1. The minimum atomic E-state index is -1.03. The van der Waals surface area contributed by atoms with Crippen molar-refractivity contribution in [2.24, 2.45) is 5.41 Å². The third-order valence-electron chi connectivity index (χ3n) is 4.50. The highest BCUT2D eigenvalue weighted by Gasteiger charge is 2.33. The molecule has 2 N–H and O–H groups in total. The maximum absolute atomic E-state index is 12.3. The molecule has 1 fully saturated rings. The molecule has 0 aliphatic heterocycles. The van der Waals surface area contributed by atoms with Gasteiger partial charge in [0, 0.05) is 25.8 Å². The van der Waals surface area contributed by atoms with Crippen LogP contribution in [0.3, 0.4) is 0 Å². The first-order valence-corrected chi connectivity index (χ1v) is 7.67. The smallest absolute Gasteiger partial charge is 0.335 e. The van der Waals surface area contributed by atoms with Crippen LogP contribution >= 0.6 is 0 Å². The quantitative estimate of drug-likeness (QED) is 0.812. The summed E-state index contributed by atoms with van der Waals surface area (Å²) >= 11 is 0. The summed E-state index contributed by atoms with van der Waals surface area (Å²) < 4.78 is 5.18. The lowest BCUT2D eigenvalue weighted by Crippen LogP contribution is -2.36. The standard InChI is InChI=1S/C17H23NO4/c1-22-10-9-17(7-2-3-8-17)12-18-15(19)13-5-4-6-14(11-13)16(20)21/h4-6,11H,2-3,7-10,12H2,1H3,(H,18,19)(H,20,21). The molecule has 5 heteroatoms. The molecule has 0 unspecified atom stereocenters. The Balaban J connectivity index is 1.99. The van der Waals surface area contributed by atoms with Gasteiger partial charge in [0.1, 0.15) is 0 Å². The Morgan fingerprint density at radius 1 is 1.27 bits per heavy atom. The zero-order valence-electron chi connectivity index (χ0n) is 12.9. The SMILES string of the molecule is COCCC1(CNC(=O)c2cccc(C(=O)O)c2)CCCC1. The Bertz CT molecular complexity index is 535. The van der Waals surface area contributed by atoms with Gasteiger partial charge in [-0.2, -0.15) is 0 Å². The van der Waals surface area contributed by atoms with Gasteiger partial charge in [0.15, 0.2) is 0 Å². The molecule has 0 atom stereocenters. The lowest BCUT2D eigenvalue weighted by Gasteiger charge is -2.29. The number of benzene rings is 1. The number of carbonyl (C=O) groups is 2. The van der Waals surface area contributed by atoms with Crippen molar-refractivity contribution in [3.63, 3.8) is 0 Å². The molecule has 1 aliphatic rings. The fourth-order valence-electron chi connectivity index (χ4n) is 3.12. The Morgan fingerprint density at radius 3 is 2.59 bits per heavy atom. The summed E-state index contributed by atoms with van der Waals surface area (Å²) in [5, 5.41) is 12.0. The molecule has 5 nitrogen and oxygen atoms in total. The normalized spacial score (nSPS) is 16.4. The highest BCUT2D eigenvalue weighted by atomic mass is 16.5. The van der Waals surface area contributed by atoms with Crippen LogP contribution in [0.2, 0.25) is 0 Å². The van der Waals surface area contributed by atoms with Gasteiger partial charge in [0.25, 0.3) is 5.91 Å². The molecule has 1 amide bonds. The van der Waals surface area contributed by atoms with Crippen LogP contribution in [0.25, 0.3) is 0 Å². The lowest BCUT2D eigenvalue weighted by atomic mass is 9.83. The summed E-state index contributed by atoms with van der Waals surface area (Å²) in [7, 11) is 1.69. The van der Waals surface area contributed by atoms with Gasteiger partial charge in [0.05, 0.1) is 5.56 Å². The van der Waals surface area contributed by atoms with E-state index >= 15 is 0 Å². The van der Waals surface area contributed by atoms with Crippen molar-refractivity contribution in [1.82, 2.24) is 5.32 Å². The first-order valence-electron chi connectivity index (χ1n) is 7.67. The first-order chi connectivity index (χ1) is 10.6. The largest absolute Gasteiger partial charge is 0.478 e. The molecule has 0 spiro atoms. The second-order valence-corrected chi connectivity index (χ2v) is 6.02. The summed E-state index contributed by atoms with van der Waals surface area (Å²) in [5.41, 5.74) is 0.637. The van der Waals surface area contributed by atoms with E-state index < -0.39 is 5.97 Å². The third kappa shape index (κ3) is 4.07. The van der Waals surface area contributed by atoms with Gasteiger partial charge in [-0.1, -0.05) is 18.9 Å². The van der Waals surface area contributed by atoms with E-state index in [1.807, 2.05) is 0 Å². The molecule has 1 aliphatic carbocycles. The van der Waals surface area contributed by atoms with E-state index in [-0.39, 0.29) is 16.9 Å². The Morgan fingerprint density at radius 2 is 1.95 bits per heavy atom. The van der Waals surface area contributed by atoms with Crippen LogP contribution in [-0.2, 0) is 4.74 Å². The van der Waals surface area contributed by atoms with E-state index in [4.69, 9.17) is 9.84 Å². The number of hydrogen-bond donors (Lipinski definition) is 2. The van der Waals surface area contributed by atoms with Gasteiger partial charge < -0.3 is 15.2 Å². The molecule has 0 aromatic heterocycles. The number of carbonyl (C=O) groups excluding carboxylic acids is 1. The molecule has 0 heterocycles. The molecule has 1 aromatic rings. The zero-order chi connectivity index (χ0) is 16.0. The van der Waals surface area contributed by atoms with E-state index in [2.05, 4.69) is 5.32 Å². The van der Waals surface area contributed by atoms with E-state index in [1.165, 1.54) is 25.0 Å². The molecule has 22 heavy (non-hydrogen) atoms. The van der Waals surface area contributed by atoms with Crippen molar-refractivity contribution in [2.45, 2.75) is 32.1 Å². The number of nitrogens with one attached hydrogen (secondary N) is 1. The van der Waals surface area contributed by atoms with E-state index in [0.717, 1.165) is 19.3 Å². The average molecular weight is 305 g/mol. The van der Waals surface area contributed by atoms with E-state index in [9.17, 15) is 9.59 Å². The molecule has 2 rings (SSSR count). The van der Waals surface area contributed by atoms with Crippen molar-refractivity contribution in [2.75, 3.05) is 20.3 Å². The van der Waals surface area contributed by atoms with Crippen LogP contribution in [0.15, 0.2) is 24.3 Å². The van der Waals surface area contributed by atoms with E-state index in [1.54, 1.807) is 19.2 Å². The minimum Gasteiger partial charge on any atom is -0.478 e. The molecule has 0 saturated heterocycles. The van der Waals surface area contributed by atoms with Crippen LogP contribution in [0.4, 0.5) is 0 Å². The third-order valence-corrected chi connectivity index (χ3v) is 4.50. The number of rotatable bonds is 7. The summed E-state index contributed by atoms with van der Waals surface area (Å²) in [5.74, 6) is -1.24. The van der Waals surface area contributed by atoms with E-state index in [0.29, 0.717) is 18.7 Å². The molecule has 120 valence electrons. The van der Waals surface area contributed by atoms with Gasteiger partial charge >= 0.3 is 5.97 Å². The summed E-state index contributed by atoms with van der Waals surface area (Å²) in [6.07, 6.45) is 5.53. The Labute approximate surface area is 130 Å². The summed E-state index contributed by atoms with van der Waals surface area (Å²) in [4.78, 5) is 23.2. The second kappa shape index (κ2) is 7.40. The summed E-state index contributed by atoms with van der Waals surface area (Å²) in [6, 6.07) is 6.12. The van der Waals surface area contributed by atoms with Crippen molar-refractivity contribution >= 4 is 11.9 Å². The van der Waals surface area contributed by atoms with Gasteiger partial charge in [-0.3, -0.25) is 4.79 Å². The fourth-order valence-corrected chi connectivity index (χ4v) is 3.12. The first kappa shape index (κ1) is 16.5. The second-order valence-electron chi connectivity index (χ2n) is 6.02. The number of carboxylic acids is 1. The number of carboxylic acid groups (broad SMARTS) is 1. The topological polar surface area (TPSA) is 75.6 Å². The summed E-state index contributed by atoms with van der Waals surface area (Å²) in [6.45, 7) is 1.32. The monoisotopic (exact) mass is 305 g/mol. The zero-order valence-corrected chi connectivity index (χ0v) is 12.9. The van der Waals surface area contributed by atoms with Gasteiger partial charge in [-0.05, 0) is 42.9 Å². The van der Waals surface area contributed by atoms with Gasteiger partial charge in [-0.15, -0.1) is 0 Å². The molecule has 1 aromatic carbocycles. The van der Waals surface area contributed by atoms with Crippen LogP contribution in [0.1, 0.15) is 52.8 Å². The maximum atomic E-state index is 12.3. The van der Waals surface area contributed by atoms with Crippen molar-refractivity contribution in [1.29, 1.82) is 0 Å². The van der Waals surface area contributed by atoms with Crippen LogP contribution in [0.5, 0.6) is 0 Å². The minimum absolute atomic E-state index is 0.121. The fraction of sp³-hybridized carbons (Fsp3) is 0.529. The number of hydrogen-bond acceptors (Lipinski definition) is 3.